The quantitative estimate of drug-likeness (QED) is 0.770. The lowest BCUT2D eigenvalue weighted by atomic mass is 9.93. The Morgan fingerprint density at radius 1 is 1.47 bits per heavy atom. The lowest BCUT2D eigenvalue weighted by Gasteiger charge is -2.43. The standard InChI is InChI=1S/C12H24N2O/c1-5-12(3,4)14-9-7-8-10(11(14)15)13-6-2/h10,13H,5-9H2,1-4H3. The highest BCUT2D eigenvalue weighted by Gasteiger charge is 2.35. The van der Waals surface area contributed by atoms with Gasteiger partial charge in [-0.1, -0.05) is 13.8 Å². The summed E-state index contributed by atoms with van der Waals surface area (Å²) in [6.45, 7) is 10.3. The number of carbonyl (C=O) groups is 1. The van der Waals surface area contributed by atoms with Gasteiger partial charge in [-0.2, -0.15) is 0 Å². The zero-order chi connectivity index (χ0) is 11.5. The number of hydrogen-bond acceptors (Lipinski definition) is 2. The Balaban J connectivity index is 2.70. The SMILES string of the molecule is CCNC1CCCN(C(C)(C)CC)C1=O. The fourth-order valence-electron chi connectivity index (χ4n) is 2.10. The number of nitrogens with zero attached hydrogens (tertiary/aromatic N) is 1. The molecule has 1 unspecified atom stereocenters. The molecule has 3 nitrogen and oxygen atoms in total. The number of likely N-dealkylation sites (N-methyl/N-ethyl adjacent to an activating group) is 1. The van der Waals surface area contributed by atoms with Crippen molar-refractivity contribution in [1.29, 1.82) is 0 Å². The molecule has 0 saturated carbocycles. The average Bonchev–Trinajstić information content (AvgIpc) is 2.21. The zero-order valence-electron chi connectivity index (χ0n) is 10.5. The van der Waals surface area contributed by atoms with Gasteiger partial charge in [0.25, 0.3) is 0 Å². The smallest absolute Gasteiger partial charge is 0.240 e. The van der Waals surface area contributed by atoms with Crippen LogP contribution in [0.4, 0.5) is 0 Å². The minimum absolute atomic E-state index is 0.00513. The molecule has 1 amide bonds. The third-order valence-corrected chi connectivity index (χ3v) is 3.49. The molecule has 15 heavy (non-hydrogen) atoms. The van der Waals surface area contributed by atoms with E-state index in [1.165, 1.54) is 0 Å². The Hall–Kier alpha value is -0.570. The van der Waals surface area contributed by atoms with Crippen molar-refractivity contribution in [2.75, 3.05) is 13.1 Å². The van der Waals surface area contributed by atoms with Gasteiger partial charge in [0.1, 0.15) is 0 Å². The van der Waals surface area contributed by atoms with Crippen molar-refractivity contribution < 1.29 is 4.79 Å². The van der Waals surface area contributed by atoms with E-state index in [2.05, 4.69) is 33.0 Å². The monoisotopic (exact) mass is 212 g/mol. The van der Waals surface area contributed by atoms with Crippen LogP contribution in [0.3, 0.4) is 0 Å². The second kappa shape index (κ2) is 4.97. The van der Waals surface area contributed by atoms with Crippen molar-refractivity contribution >= 4 is 5.91 Å². The molecule has 1 N–H and O–H groups in total. The maximum absolute atomic E-state index is 12.2. The minimum Gasteiger partial charge on any atom is -0.336 e. The molecule has 88 valence electrons. The van der Waals surface area contributed by atoms with Crippen molar-refractivity contribution in [2.24, 2.45) is 0 Å². The Bertz CT molecular complexity index is 224. The first-order valence-electron chi connectivity index (χ1n) is 6.07. The van der Waals surface area contributed by atoms with E-state index in [0.717, 1.165) is 32.4 Å². The molecule has 0 bridgehead atoms. The van der Waals surface area contributed by atoms with Gasteiger partial charge in [0.15, 0.2) is 0 Å². The maximum atomic E-state index is 12.2. The molecule has 0 aromatic carbocycles. The zero-order valence-corrected chi connectivity index (χ0v) is 10.5. The lowest BCUT2D eigenvalue weighted by molar-refractivity contribution is -0.142. The molecule has 0 aliphatic carbocycles. The number of nitrogens with one attached hydrogen (secondary N) is 1. The average molecular weight is 212 g/mol. The number of likely N-dealkylation sites (tertiary alicyclic amines) is 1. The first-order chi connectivity index (χ1) is 7.03. The van der Waals surface area contributed by atoms with Gasteiger partial charge in [-0.05, 0) is 39.7 Å². The van der Waals surface area contributed by atoms with Gasteiger partial charge < -0.3 is 10.2 Å². The fraction of sp³-hybridized carbons (Fsp3) is 0.917. The van der Waals surface area contributed by atoms with Crippen LogP contribution in [-0.4, -0.2) is 35.5 Å². The molecule has 0 aromatic heterocycles. The summed E-state index contributed by atoms with van der Waals surface area (Å²) in [5.74, 6) is 0.287. The van der Waals surface area contributed by atoms with Crippen LogP contribution < -0.4 is 5.32 Å². The Kier molecular flexibility index (Phi) is 4.14. The highest BCUT2D eigenvalue weighted by atomic mass is 16.2. The molecule has 1 aliphatic rings. The van der Waals surface area contributed by atoms with Gasteiger partial charge in [0, 0.05) is 12.1 Å². The summed E-state index contributed by atoms with van der Waals surface area (Å²) >= 11 is 0. The van der Waals surface area contributed by atoms with Gasteiger partial charge in [-0.25, -0.2) is 0 Å². The van der Waals surface area contributed by atoms with Crippen molar-refractivity contribution in [3.05, 3.63) is 0 Å². The predicted octanol–water partition coefficient (Wildman–Crippen LogP) is 1.78. The third-order valence-electron chi connectivity index (χ3n) is 3.49. The highest BCUT2D eigenvalue weighted by Crippen LogP contribution is 2.24. The summed E-state index contributed by atoms with van der Waals surface area (Å²) in [6.07, 6.45) is 3.12. The topological polar surface area (TPSA) is 32.3 Å². The van der Waals surface area contributed by atoms with Crippen molar-refractivity contribution in [3.8, 4) is 0 Å². The largest absolute Gasteiger partial charge is 0.336 e. The molecule has 3 heteroatoms. The van der Waals surface area contributed by atoms with Gasteiger partial charge in [0.05, 0.1) is 6.04 Å². The van der Waals surface area contributed by atoms with E-state index in [4.69, 9.17) is 0 Å². The molecule has 1 atom stereocenters. The predicted molar refractivity (Wildman–Crippen MR) is 62.8 cm³/mol. The molecule has 0 spiro atoms. The van der Waals surface area contributed by atoms with Crippen LogP contribution in [0, 0.1) is 0 Å². The maximum Gasteiger partial charge on any atom is 0.240 e. The molecule has 0 radical (unpaired) electrons. The fourth-order valence-corrected chi connectivity index (χ4v) is 2.10. The van der Waals surface area contributed by atoms with E-state index in [1.807, 2.05) is 4.90 Å². The van der Waals surface area contributed by atoms with Crippen LogP contribution in [0.25, 0.3) is 0 Å². The van der Waals surface area contributed by atoms with E-state index in [0.29, 0.717) is 0 Å². The second-order valence-corrected chi connectivity index (χ2v) is 4.91. The first-order valence-corrected chi connectivity index (χ1v) is 6.07. The van der Waals surface area contributed by atoms with Crippen molar-refractivity contribution in [1.82, 2.24) is 10.2 Å². The van der Waals surface area contributed by atoms with Crippen LogP contribution in [0.15, 0.2) is 0 Å². The summed E-state index contributed by atoms with van der Waals surface area (Å²) in [5, 5.41) is 3.27. The second-order valence-electron chi connectivity index (χ2n) is 4.91. The molecule has 1 aliphatic heterocycles. The summed E-state index contributed by atoms with van der Waals surface area (Å²) in [5.41, 5.74) is 0.00513. The summed E-state index contributed by atoms with van der Waals surface area (Å²) in [7, 11) is 0. The van der Waals surface area contributed by atoms with Crippen LogP contribution in [0.1, 0.15) is 47.0 Å². The van der Waals surface area contributed by atoms with Crippen LogP contribution >= 0.6 is 0 Å². The molecule has 0 aromatic rings. The van der Waals surface area contributed by atoms with Crippen molar-refractivity contribution in [2.45, 2.75) is 58.5 Å². The minimum atomic E-state index is 0.00513. The van der Waals surface area contributed by atoms with E-state index >= 15 is 0 Å². The van der Waals surface area contributed by atoms with Gasteiger partial charge in [-0.15, -0.1) is 0 Å². The van der Waals surface area contributed by atoms with Gasteiger partial charge >= 0.3 is 0 Å². The Labute approximate surface area is 93.2 Å². The normalized spacial score (nSPS) is 23.3. The molecule has 1 fully saturated rings. The number of amides is 1. The Morgan fingerprint density at radius 3 is 2.67 bits per heavy atom. The summed E-state index contributed by atoms with van der Waals surface area (Å²) < 4.78 is 0. The number of rotatable bonds is 4. The lowest BCUT2D eigenvalue weighted by Crippen LogP contribution is -2.57. The Morgan fingerprint density at radius 2 is 2.13 bits per heavy atom. The molecular formula is C12H24N2O. The molecule has 1 rings (SSSR count). The van der Waals surface area contributed by atoms with Gasteiger partial charge in [-0.3, -0.25) is 4.79 Å². The summed E-state index contributed by atoms with van der Waals surface area (Å²) in [4.78, 5) is 14.2. The molecule has 1 heterocycles. The summed E-state index contributed by atoms with van der Waals surface area (Å²) in [6, 6.07) is 0.0505. The van der Waals surface area contributed by atoms with E-state index < -0.39 is 0 Å². The van der Waals surface area contributed by atoms with E-state index in [1.54, 1.807) is 0 Å². The van der Waals surface area contributed by atoms with Crippen LogP contribution in [-0.2, 0) is 4.79 Å². The van der Waals surface area contributed by atoms with E-state index in [-0.39, 0.29) is 17.5 Å². The highest BCUT2D eigenvalue weighted by molar-refractivity contribution is 5.83. The number of hydrogen-bond donors (Lipinski definition) is 1. The first kappa shape index (κ1) is 12.5. The van der Waals surface area contributed by atoms with E-state index in [9.17, 15) is 4.79 Å². The van der Waals surface area contributed by atoms with Crippen molar-refractivity contribution in [3.63, 3.8) is 0 Å². The van der Waals surface area contributed by atoms with Crippen LogP contribution in [0.2, 0.25) is 0 Å². The number of carbonyl (C=O) groups excluding carboxylic acids is 1. The van der Waals surface area contributed by atoms with Crippen LogP contribution in [0.5, 0.6) is 0 Å². The third kappa shape index (κ3) is 2.71. The molecular weight excluding hydrogens is 188 g/mol. The molecule has 1 saturated heterocycles. The number of piperidine rings is 1. The van der Waals surface area contributed by atoms with Gasteiger partial charge in [0.2, 0.25) is 5.91 Å².